The number of carbonyl (C=O) groups is 1. The molecule has 7 heteroatoms. The topological polar surface area (TPSA) is 71.3 Å². The lowest BCUT2D eigenvalue weighted by atomic mass is 10.1. The third kappa shape index (κ3) is 4.12. The van der Waals surface area contributed by atoms with Crippen LogP contribution in [0.1, 0.15) is 0 Å². The first-order valence-electron chi connectivity index (χ1n) is 8.66. The van der Waals surface area contributed by atoms with Gasteiger partial charge in [-0.15, -0.1) is 0 Å². The van der Waals surface area contributed by atoms with Crippen molar-refractivity contribution in [1.82, 2.24) is 0 Å². The normalized spacial score (nSPS) is 10.7. The van der Waals surface area contributed by atoms with Crippen molar-refractivity contribution in [3.63, 3.8) is 0 Å². The molecule has 5 nitrogen and oxygen atoms in total. The minimum Gasteiger partial charge on any atom is -0.456 e. The predicted octanol–water partition coefficient (Wildman–Crippen LogP) is 5.90. The number of fused-ring (bicyclic) bond motifs is 1. The van der Waals surface area contributed by atoms with E-state index in [-0.39, 0.29) is 22.1 Å². The van der Waals surface area contributed by atoms with Gasteiger partial charge in [0.2, 0.25) is 0 Å². The standard InChI is InChI=1S/C22H14ClFN2O3/c23-13-5-7-14(8-6-13)25-22(28)26-15-9-10-20-17(11-15)19(27)12-21(29-20)16-3-1-2-4-18(16)24/h1-12H,(H2,25,26,28). The molecule has 4 aromatic rings. The van der Waals surface area contributed by atoms with Gasteiger partial charge in [-0.1, -0.05) is 23.7 Å². The number of nitrogens with one attached hydrogen (secondary N) is 2. The Labute approximate surface area is 169 Å². The summed E-state index contributed by atoms with van der Waals surface area (Å²) in [4.78, 5) is 24.7. The molecule has 0 radical (unpaired) electrons. The van der Waals surface area contributed by atoms with Crippen LogP contribution in [-0.2, 0) is 0 Å². The molecule has 2 amide bonds. The minimum absolute atomic E-state index is 0.141. The Morgan fingerprint density at radius 3 is 2.34 bits per heavy atom. The highest BCUT2D eigenvalue weighted by atomic mass is 35.5. The van der Waals surface area contributed by atoms with E-state index in [2.05, 4.69) is 10.6 Å². The van der Waals surface area contributed by atoms with Crippen molar-refractivity contribution in [1.29, 1.82) is 0 Å². The number of hydrogen-bond donors (Lipinski definition) is 2. The van der Waals surface area contributed by atoms with Crippen LogP contribution in [-0.4, -0.2) is 6.03 Å². The van der Waals surface area contributed by atoms with Crippen molar-refractivity contribution >= 4 is 40.0 Å². The first kappa shape index (κ1) is 18.7. The molecule has 1 aromatic heterocycles. The first-order valence-corrected chi connectivity index (χ1v) is 9.04. The van der Waals surface area contributed by atoms with Gasteiger partial charge in [-0.25, -0.2) is 9.18 Å². The zero-order valence-electron chi connectivity index (χ0n) is 14.9. The molecule has 3 aromatic carbocycles. The van der Waals surface area contributed by atoms with Gasteiger partial charge >= 0.3 is 6.03 Å². The summed E-state index contributed by atoms with van der Waals surface area (Å²) >= 11 is 5.82. The van der Waals surface area contributed by atoms with Crippen molar-refractivity contribution in [2.45, 2.75) is 0 Å². The second-order valence-corrected chi connectivity index (χ2v) is 6.69. The van der Waals surface area contributed by atoms with Crippen LogP contribution in [0.5, 0.6) is 0 Å². The summed E-state index contributed by atoms with van der Waals surface area (Å²) in [5.41, 5.74) is 1.14. The molecule has 0 saturated carbocycles. The van der Waals surface area contributed by atoms with Crippen LogP contribution in [0, 0.1) is 5.82 Å². The number of carbonyl (C=O) groups excluding carboxylic acids is 1. The maximum atomic E-state index is 14.0. The molecule has 2 N–H and O–H groups in total. The van der Waals surface area contributed by atoms with Crippen LogP contribution in [0.2, 0.25) is 5.02 Å². The average Bonchev–Trinajstić information content (AvgIpc) is 2.70. The van der Waals surface area contributed by atoms with E-state index in [1.165, 1.54) is 24.3 Å². The molecule has 0 aliphatic carbocycles. The SMILES string of the molecule is O=C(Nc1ccc(Cl)cc1)Nc1ccc2oc(-c3ccccc3F)cc(=O)c2c1. The van der Waals surface area contributed by atoms with Crippen molar-refractivity contribution in [2.24, 2.45) is 0 Å². The van der Waals surface area contributed by atoms with Crippen molar-refractivity contribution in [3.05, 3.63) is 93.9 Å². The molecule has 4 rings (SSSR count). The lowest BCUT2D eigenvalue weighted by Gasteiger charge is -2.09. The lowest BCUT2D eigenvalue weighted by Crippen LogP contribution is -2.19. The second-order valence-electron chi connectivity index (χ2n) is 6.25. The number of anilines is 2. The Kier molecular flexibility index (Phi) is 5.01. The molecule has 0 aliphatic heterocycles. The molecule has 0 spiro atoms. The smallest absolute Gasteiger partial charge is 0.323 e. The number of halogens is 2. The van der Waals surface area contributed by atoms with Crippen molar-refractivity contribution in [2.75, 3.05) is 10.6 Å². The predicted molar refractivity (Wildman–Crippen MR) is 112 cm³/mol. The van der Waals surface area contributed by atoms with E-state index in [0.29, 0.717) is 22.0 Å². The molecule has 29 heavy (non-hydrogen) atoms. The zero-order valence-corrected chi connectivity index (χ0v) is 15.7. The molecule has 0 bridgehead atoms. The van der Waals surface area contributed by atoms with Gasteiger partial charge in [0.1, 0.15) is 17.2 Å². The van der Waals surface area contributed by atoms with Gasteiger partial charge in [0.15, 0.2) is 5.43 Å². The third-order valence-electron chi connectivity index (χ3n) is 4.23. The Morgan fingerprint density at radius 1 is 0.897 bits per heavy atom. The van der Waals surface area contributed by atoms with E-state index in [9.17, 15) is 14.0 Å². The van der Waals surface area contributed by atoms with E-state index in [1.54, 1.807) is 48.5 Å². The quantitative estimate of drug-likeness (QED) is 0.443. The Balaban J connectivity index is 1.59. The highest BCUT2D eigenvalue weighted by Crippen LogP contribution is 2.26. The zero-order chi connectivity index (χ0) is 20.4. The summed E-state index contributed by atoms with van der Waals surface area (Å²) in [5, 5.41) is 6.16. The largest absolute Gasteiger partial charge is 0.456 e. The van der Waals surface area contributed by atoms with E-state index in [4.69, 9.17) is 16.0 Å². The highest BCUT2D eigenvalue weighted by molar-refractivity contribution is 6.30. The van der Waals surface area contributed by atoms with Gasteiger partial charge in [-0.3, -0.25) is 4.79 Å². The maximum absolute atomic E-state index is 14.0. The average molecular weight is 409 g/mol. The molecule has 0 unspecified atom stereocenters. The van der Waals surface area contributed by atoms with E-state index < -0.39 is 11.8 Å². The monoisotopic (exact) mass is 408 g/mol. The molecule has 1 heterocycles. The van der Waals surface area contributed by atoms with Crippen LogP contribution in [0.25, 0.3) is 22.3 Å². The third-order valence-corrected chi connectivity index (χ3v) is 4.48. The minimum atomic E-state index is -0.479. The summed E-state index contributed by atoms with van der Waals surface area (Å²) in [6.45, 7) is 0. The molecular formula is C22H14ClFN2O3. The number of amides is 2. The summed E-state index contributed by atoms with van der Waals surface area (Å²) in [5.74, 6) is -0.339. The molecule has 0 saturated heterocycles. The fourth-order valence-electron chi connectivity index (χ4n) is 2.85. The van der Waals surface area contributed by atoms with E-state index in [1.807, 2.05) is 0 Å². The van der Waals surface area contributed by atoms with Crippen LogP contribution >= 0.6 is 11.6 Å². The number of urea groups is 1. The fraction of sp³-hybridized carbons (Fsp3) is 0. The van der Waals surface area contributed by atoms with Gasteiger partial charge in [0.25, 0.3) is 0 Å². The molecular weight excluding hydrogens is 395 g/mol. The van der Waals surface area contributed by atoms with E-state index >= 15 is 0 Å². The molecule has 0 atom stereocenters. The van der Waals surface area contributed by atoms with Gasteiger partial charge in [0.05, 0.1) is 10.9 Å². The second kappa shape index (κ2) is 7.77. The highest BCUT2D eigenvalue weighted by Gasteiger charge is 2.12. The fourth-order valence-corrected chi connectivity index (χ4v) is 2.98. The number of hydrogen-bond acceptors (Lipinski definition) is 3. The summed E-state index contributed by atoms with van der Waals surface area (Å²) in [6.07, 6.45) is 0. The Bertz CT molecular complexity index is 1270. The van der Waals surface area contributed by atoms with Crippen LogP contribution in [0.15, 0.2) is 82.0 Å². The van der Waals surface area contributed by atoms with Gasteiger partial charge < -0.3 is 15.1 Å². The maximum Gasteiger partial charge on any atom is 0.323 e. The Morgan fingerprint density at radius 2 is 1.59 bits per heavy atom. The van der Waals surface area contributed by atoms with Gasteiger partial charge in [-0.05, 0) is 54.6 Å². The van der Waals surface area contributed by atoms with Crippen LogP contribution in [0.4, 0.5) is 20.6 Å². The molecule has 0 fully saturated rings. The lowest BCUT2D eigenvalue weighted by molar-refractivity contribution is 0.262. The van der Waals surface area contributed by atoms with Crippen molar-refractivity contribution in [3.8, 4) is 11.3 Å². The van der Waals surface area contributed by atoms with Gasteiger partial charge in [-0.2, -0.15) is 0 Å². The summed E-state index contributed by atoms with van der Waals surface area (Å²) in [6, 6.07) is 18.1. The van der Waals surface area contributed by atoms with E-state index in [0.717, 1.165) is 0 Å². The van der Waals surface area contributed by atoms with Crippen LogP contribution < -0.4 is 16.1 Å². The van der Waals surface area contributed by atoms with Gasteiger partial charge in [0, 0.05) is 22.5 Å². The summed E-state index contributed by atoms with van der Waals surface area (Å²) < 4.78 is 19.7. The Hall–Kier alpha value is -3.64. The first-order chi connectivity index (χ1) is 14.0. The van der Waals surface area contributed by atoms with Crippen molar-refractivity contribution < 1.29 is 13.6 Å². The molecule has 0 aliphatic rings. The number of rotatable bonds is 3. The van der Waals surface area contributed by atoms with Crippen LogP contribution in [0.3, 0.4) is 0 Å². The molecule has 144 valence electrons. The number of benzene rings is 3. The summed E-state index contributed by atoms with van der Waals surface area (Å²) in [7, 11) is 0.